The van der Waals surface area contributed by atoms with E-state index in [1.807, 2.05) is 26.8 Å². The van der Waals surface area contributed by atoms with Crippen molar-refractivity contribution in [3.63, 3.8) is 0 Å². The second-order valence-electron chi connectivity index (χ2n) is 8.17. The van der Waals surface area contributed by atoms with Crippen LogP contribution in [-0.2, 0) is 16.1 Å². The number of anilines is 2. The third kappa shape index (κ3) is 5.99. The molecule has 0 aliphatic carbocycles. The summed E-state index contributed by atoms with van der Waals surface area (Å²) in [6.45, 7) is 14.7. The smallest absolute Gasteiger partial charge is 0.221 e. The maximum absolute atomic E-state index is 11.6. The number of benzene rings is 2. The molecule has 1 fully saturated rings. The summed E-state index contributed by atoms with van der Waals surface area (Å²) in [5.74, 6) is 0.889. The topological polar surface area (TPSA) is 62.8 Å². The van der Waals surface area contributed by atoms with E-state index in [4.69, 9.17) is 9.47 Å². The van der Waals surface area contributed by atoms with Gasteiger partial charge in [0.05, 0.1) is 19.8 Å². The number of hydrogen-bond donors (Lipinski definition) is 2. The summed E-state index contributed by atoms with van der Waals surface area (Å²) < 4.78 is 11.4. The fourth-order valence-electron chi connectivity index (χ4n) is 3.98. The Morgan fingerprint density at radius 3 is 2.61 bits per heavy atom. The summed E-state index contributed by atoms with van der Waals surface area (Å²) in [7, 11) is 0. The zero-order chi connectivity index (χ0) is 22.4. The SMILES string of the molecule is CCOc1ccc(C(C)Nc2ccc(C)c(NC(C)=O)c2C)cc1CN1CCOCC1. The lowest BCUT2D eigenvalue weighted by molar-refractivity contribution is -0.114. The minimum atomic E-state index is -0.0596. The van der Waals surface area contributed by atoms with Gasteiger partial charge in [0.25, 0.3) is 0 Å². The fourth-order valence-corrected chi connectivity index (χ4v) is 3.98. The molecule has 31 heavy (non-hydrogen) atoms. The Morgan fingerprint density at radius 2 is 1.94 bits per heavy atom. The first-order chi connectivity index (χ1) is 14.9. The van der Waals surface area contributed by atoms with E-state index in [-0.39, 0.29) is 11.9 Å². The Morgan fingerprint density at radius 1 is 1.19 bits per heavy atom. The van der Waals surface area contributed by atoms with Crippen molar-refractivity contribution in [3.8, 4) is 5.75 Å². The summed E-state index contributed by atoms with van der Waals surface area (Å²) in [6, 6.07) is 10.7. The van der Waals surface area contributed by atoms with Gasteiger partial charge in [-0.3, -0.25) is 9.69 Å². The summed E-state index contributed by atoms with van der Waals surface area (Å²) in [6.07, 6.45) is 0. The number of nitrogens with one attached hydrogen (secondary N) is 2. The summed E-state index contributed by atoms with van der Waals surface area (Å²) in [5.41, 5.74) is 6.40. The predicted octanol–water partition coefficient (Wildman–Crippen LogP) is 4.67. The zero-order valence-corrected chi connectivity index (χ0v) is 19.4. The summed E-state index contributed by atoms with van der Waals surface area (Å²) >= 11 is 0. The minimum absolute atomic E-state index is 0.0596. The Balaban J connectivity index is 1.82. The normalized spacial score (nSPS) is 15.4. The van der Waals surface area contributed by atoms with Gasteiger partial charge in [-0.1, -0.05) is 12.1 Å². The number of carbonyl (C=O) groups excluding carboxylic acids is 1. The van der Waals surface area contributed by atoms with Crippen molar-refractivity contribution in [1.29, 1.82) is 0 Å². The molecule has 168 valence electrons. The highest BCUT2D eigenvalue weighted by atomic mass is 16.5. The Kier molecular flexibility index (Phi) is 7.93. The van der Waals surface area contributed by atoms with Crippen LogP contribution in [0.5, 0.6) is 5.75 Å². The van der Waals surface area contributed by atoms with Crippen molar-refractivity contribution in [3.05, 3.63) is 52.6 Å². The van der Waals surface area contributed by atoms with E-state index in [0.717, 1.165) is 61.1 Å². The average Bonchev–Trinajstić information content (AvgIpc) is 2.75. The van der Waals surface area contributed by atoms with Gasteiger partial charge in [0.2, 0.25) is 5.91 Å². The van der Waals surface area contributed by atoms with Crippen molar-refractivity contribution in [2.45, 2.75) is 47.2 Å². The van der Waals surface area contributed by atoms with Crippen LogP contribution >= 0.6 is 0 Å². The van der Waals surface area contributed by atoms with Gasteiger partial charge in [-0.2, -0.15) is 0 Å². The van der Waals surface area contributed by atoms with Crippen molar-refractivity contribution >= 4 is 17.3 Å². The van der Waals surface area contributed by atoms with Crippen molar-refractivity contribution in [1.82, 2.24) is 4.90 Å². The summed E-state index contributed by atoms with van der Waals surface area (Å²) in [4.78, 5) is 14.0. The van der Waals surface area contributed by atoms with Crippen molar-refractivity contribution in [2.24, 2.45) is 0 Å². The van der Waals surface area contributed by atoms with Crippen LogP contribution in [0.1, 0.15) is 49.1 Å². The number of amides is 1. The van der Waals surface area contributed by atoms with Gasteiger partial charge in [-0.25, -0.2) is 0 Å². The molecule has 1 amide bonds. The largest absolute Gasteiger partial charge is 0.494 e. The first kappa shape index (κ1) is 23.1. The van der Waals surface area contributed by atoms with Crippen LogP contribution in [0.25, 0.3) is 0 Å². The highest BCUT2D eigenvalue weighted by Gasteiger charge is 2.17. The fraction of sp³-hybridized carbons (Fsp3) is 0.480. The Hall–Kier alpha value is -2.57. The first-order valence-corrected chi connectivity index (χ1v) is 11.1. The van der Waals surface area contributed by atoms with Gasteiger partial charge in [0, 0.05) is 49.5 Å². The lowest BCUT2D eigenvalue weighted by Gasteiger charge is -2.28. The van der Waals surface area contributed by atoms with Crippen LogP contribution in [-0.4, -0.2) is 43.7 Å². The maximum atomic E-state index is 11.6. The van der Waals surface area contributed by atoms with E-state index < -0.39 is 0 Å². The van der Waals surface area contributed by atoms with Crippen LogP contribution in [0.15, 0.2) is 30.3 Å². The van der Waals surface area contributed by atoms with E-state index in [2.05, 4.69) is 46.7 Å². The van der Waals surface area contributed by atoms with E-state index in [0.29, 0.717) is 6.61 Å². The highest BCUT2D eigenvalue weighted by molar-refractivity contribution is 5.91. The molecule has 0 saturated carbocycles. The average molecular weight is 426 g/mol. The van der Waals surface area contributed by atoms with Crippen LogP contribution in [0.3, 0.4) is 0 Å². The van der Waals surface area contributed by atoms with E-state index in [1.54, 1.807) is 0 Å². The molecule has 3 rings (SSSR count). The molecule has 1 unspecified atom stereocenters. The molecule has 1 saturated heterocycles. The van der Waals surface area contributed by atoms with Crippen LogP contribution in [0.2, 0.25) is 0 Å². The van der Waals surface area contributed by atoms with Crippen LogP contribution in [0.4, 0.5) is 11.4 Å². The quantitative estimate of drug-likeness (QED) is 0.644. The minimum Gasteiger partial charge on any atom is -0.494 e. The predicted molar refractivity (Wildman–Crippen MR) is 126 cm³/mol. The molecule has 6 nitrogen and oxygen atoms in total. The maximum Gasteiger partial charge on any atom is 0.221 e. The summed E-state index contributed by atoms with van der Waals surface area (Å²) in [5, 5.41) is 6.58. The number of carbonyl (C=O) groups is 1. The second-order valence-corrected chi connectivity index (χ2v) is 8.17. The first-order valence-electron chi connectivity index (χ1n) is 11.1. The Labute approximate surface area is 185 Å². The molecule has 0 spiro atoms. The number of aryl methyl sites for hydroxylation is 1. The lowest BCUT2D eigenvalue weighted by atomic mass is 10.0. The van der Waals surface area contributed by atoms with Gasteiger partial charge in [-0.15, -0.1) is 0 Å². The van der Waals surface area contributed by atoms with Crippen LogP contribution < -0.4 is 15.4 Å². The molecule has 0 bridgehead atoms. The monoisotopic (exact) mass is 425 g/mol. The molecule has 1 aliphatic heterocycles. The molecule has 0 aromatic heterocycles. The third-order valence-electron chi connectivity index (χ3n) is 5.73. The Bertz CT molecular complexity index is 907. The van der Waals surface area contributed by atoms with E-state index >= 15 is 0 Å². The van der Waals surface area contributed by atoms with Gasteiger partial charge in [0.1, 0.15) is 5.75 Å². The number of rotatable bonds is 8. The van der Waals surface area contributed by atoms with Gasteiger partial charge < -0.3 is 20.1 Å². The molecule has 2 aromatic carbocycles. The molecular formula is C25H35N3O3. The number of hydrogen-bond acceptors (Lipinski definition) is 5. The molecule has 1 atom stereocenters. The molecular weight excluding hydrogens is 390 g/mol. The number of morpholine rings is 1. The zero-order valence-electron chi connectivity index (χ0n) is 19.4. The number of nitrogens with zero attached hydrogens (tertiary/aromatic N) is 1. The second kappa shape index (κ2) is 10.6. The third-order valence-corrected chi connectivity index (χ3v) is 5.73. The number of ether oxygens (including phenoxy) is 2. The van der Waals surface area contributed by atoms with Crippen LogP contribution in [0, 0.1) is 13.8 Å². The van der Waals surface area contributed by atoms with E-state index in [9.17, 15) is 4.79 Å². The molecule has 1 heterocycles. The highest BCUT2D eigenvalue weighted by Crippen LogP contribution is 2.31. The molecule has 2 N–H and O–H groups in total. The molecule has 1 aliphatic rings. The molecule has 2 aromatic rings. The molecule has 6 heteroatoms. The van der Waals surface area contributed by atoms with E-state index in [1.165, 1.54) is 18.1 Å². The van der Waals surface area contributed by atoms with Crippen molar-refractivity contribution in [2.75, 3.05) is 43.5 Å². The van der Waals surface area contributed by atoms with Gasteiger partial charge in [-0.05, 0) is 62.6 Å². The van der Waals surface area contributed by atoms with Gasteiger partial charge in [0.15, 0.2) is 0 Å². The molecule has 0 radical (unpaired) electrons. The van der Waals surface area contributed by atoms with Crippen molar-refractivity contribution < 1.29 is 14.3 Å². The lowest BCUT2D eigenvalue weighted by Crippen LogP contribution is -2.35. The van der Waals surface area contributed by atoms with Gasteiger partial charge >= 0.3 is 0 Å². The standard InChI is InChI=1S/C25H35N3O3/c1-6-31-24-10-8-21(15-22(24)16-28-11-13-30-14-12-28)19(4)26-23-9-7-17(2)25(18(23)3)27-20(5)29/h7-10,15,19,26H,6,11-14,16H2,1-5H3,(H,27,29).